The van der Waals surface area contributed by atoms with Gasteiger partial charge < -0.3 is 15.6 Å². The molecule has 1 aromatic carbocycles. The average molecular weight is 445 g/mol. The normalized spacial score (nSPS) is 11.7. The molecule has 0 saturated heterocycles. The number of aryl methyl sites for hydroxylation is 2. The Balaban J connectivity index is 1.73. The zero-order valence-electron chi connectivity index (χ0n) is 17.5. The number of rotatable bonds is 6. The van der Waals surface area contributed by atoms with E-state index in [0.717, 1.165) is 9.88 Å². The van der Waals surface area contributed by atoms with Crippen LogP contribution >= 0.6 is 11.3 Å². The summed E-state index contributed by atoms with van der Waals surface area (Å²) in [6.45, 7) is 3.88. The number of benzene rings is 1. The molecule has 0 aliphatic carbocycles. The lowest BCUT2D eigenvalue weighted by atomic mass is 10.1. The van der Waals surface area contributed by atoms with Crippen LogP contribution in [0.1, 0.15) is 27.9 Å². The van der Waals surface area contributed by atoms with Crippen LogP contribution in [0.15, 0.2) is 48.8 Å². The van der Waals surface area contributed by atoms with Gasteiger partial charge in [-0.25, -0.2) is 9.97 Å². The number of ether oxygens (including phenoxy) is 1. The zero-order chi connectivity index (χ0) is 22.7. The third-order valence-electron chi connectivity index (χ3n) is 4.65. The molecular weight excluding hydrogens is 424 g/mol. The monoisotopic (exact) mass is 444 g/mol. The Hall–Kier alpha value is -3.71. The predicted octanol–water partition coefficient (Wildman–Crippen LogP) is 3.94. The number of aliphatic hydroxyl groups is 1. The average Bonchev–Trinajstić information content (AvgIpc) is 3.24. The lowest BCUT2D eigenvalue weighted by Crippen LogP contribution is -2.11. The molecule has 3 N–H and O–H groups in total. The summed E-state index contributed by atoms with van der Waals surface area (Å²) < 4.78 is 6.12. The summed E-state index contributed by atoms with van der Waals surface area (Å²) in [5.74, 6) is 1.32. The summed E-state index contributed by atoms with van der Waals surface area (Å²) in [6.07, 6.45) is 2.60. The number of nitriles is 1. The minimum atomic E-state index is -0.773. The first-order valence-corrected chi connectivity index (χ1v) is 10.6. The molecule has 8 nitrogen and oxygen atoms in total. The number of hydrogen-bond donors (Lipinski definition) is 2. The summed E-state index contributed by atoms with van der Waals surface area (Å²) in [5.41, 5.74) is 8.56. The van der Waals surface area contributed by atoms with E-state index in [-0.39, 0.29) is 6.54 Å². The number of aliphatic hydroxyl groups excluding tert-OH is 1. The molecule has 0 saturated carbocycles. The SMILES string of the molecule is Cc1nc(Oc2cc(C#N)ccc2-c2ccc([C@H](O)CN)cn2)cc(-c2ncc(C)s2)n1. The van der Waals surface area contributed by atoms with E-state index < -0.39 is 6.10 Å². The summed E-state index contributed by atoms with van der Waals surface area (Å²) >= 11 is 1.54. The van der Waals surface area contributed by atoms with E-state index in [0.29, 0.717) is 45.5 Å². The second-order valence-corrected chi connectivity index (χ2v) is 8.30. The lowest BCUT2D eigenvalue weighted by Gasteiger charge is -2.13. The summed E-state index contributed by atoms with van der Waals surface area (Å²) in [6, 6.07) is 12.5. The number of pyridine rings is 1. The fraction of sp³-hybridized carbons (Fsp3) is 0.174. The van der Waals surface area contributed by atoms with E-state index >= 15 is 0 Å². The van der Waals surface area contributed by atoms with Gasteiger partial charge in [0.05, 0.1) is 23.4 Å². The second-order valence-electron chi connectivity index (χ2n) is 7.07. The molecule has 0 bridgehead atoms. The first kappa shape index (κ1) is 21.5. The summed E-state index contributed by atoms with van der Waals surface area (Å²) in [7, 11) is 0. The number of nitrogens with zero attached hydrogens (tertiary/aromatic N) is 5. The van der Waals surface area contributed by atoms with Gasteiger partial charge in [-0.2, -0.15) is 10.2 Å². The van der Waals surface area contributed by atoms with Crippen molar-refractivity contribution < 1.29 is 9.84 Å². The van der Waals surface area contributed by atoms with Crippen molar-refractivity contribution >= 4 is 11.3 Å². The van der Waals surface area contributed by atoms with Crippen LogP contribution in [0.25, 0.3) is 22.0 Å². The van der Waals surface area contributed by atoms with Gasteiger partial charge in [-0.1, -0.05) is 6.07 Å². The van der Waals surface area contributed by atoms with Crippen LogP contribution in [-0.4, -0.2) is 31.6 Å². The molecule has 4 aromatic rings. The van der Waals surface area contributed by atoms with E-state index in [1.165, 1.54) is 11.3 Å². The molecule has 0 amide bonds. The van der Waals surface area contributed by atoms with Gasteiger partial charge in [-0.15, -0.1) is 11.3 Å². The third kappa shape index (κ3) is 4.63. The molecule has 0 aliphatic rings. The minimum Gasteiger partial charge on any atom is -0.438 e. The standard InChI is InChI=1S/C23H20N6O2S/c1-13-11-27-23(32-13)19-8-22(29-14(2)28-19)31-21-7-15(9-24)3-5-17(21)18-6-4-16(12-26-18)20(30)10-25/h3-8,11-12,20,30H,10,25H2,1-2H3/t20-/m1/s1. The number of aromatic nitrogens is 4. The van der Waals surface area contributed by atoms with Gasteiger partial charge in [-0.3, -0.25) is 4.98 Å². The molecule has 3 heterocycles. The molecule has 1 atom stereocenters. The Labute approximate surface area is 189 Å². The van der Waals surface area contributed by atoms with E-state index in [1.54, 1.807) is 55.7 Å². The quantitative estimate of drug-likeness (QED) is 0.457. The van der Waals surface area contributed by atoms with Gasteiger partial charge in [0, 0.05) is 41.0 Å². The highest BCUT2D eigenvalue weighted by Gasteiger charge is 2.15. The number of hydrogen-bond acceptors (Lipinski definition) is 9. The fourth-order valence-electron chi connectivity index (χ4n) is 3.07. The second kappa shape index (κ2) is 9.20. The summed E-state index contributed by atoms with van der Waals surface area (Å²) in [4.78, 5) is 18.8. The van der Waals surface area contributed by atoms with Gasteiger partial charge in [0.25, 0.3) is 0 Å². The van der Waals surface area contributed by atoms with Crippen molar-refractivity contribution in [2.45, 2.75) is 20.0 Å². The molecule has 0 fully saturated rings. The van der Waals surface area contributed by atoms with Crippen molar-refractivity contribution in [3.63, 3.8) is 0 Å². The van der Waals surface area contributed by atoms with Crippen molar-refractivity contribution in [3.05, 3.63) is 70.6 Å². The molecule has 32 heavy (non-hydrogen) atoms. The smallest absolute Gasteiger partial charge is 0.223 e. The third-order valence-corrected chi connectivity index (χ3v) is 5.59. The van der Waals surface area contributed by atoms with Crippen molar-refractivity contribution in [2.75, 3.05) is 6.54 Å². The van der Waals surface area contributed by atoms with Crippen LogP contribution in [0.2, 0.25) is 0 Å². The minimum absolute atomic E-state index is 0.111. The maximum absolute atomic E-state index is 9.91. The van der Waals surface area contributed by atoms with Gasteiger partial charge in [0.15, 0.2) is 0 Å². The molecule has 0 aliphatic heterocycles. The Morgan fingerprint density at radius 1 is 1.09 bits per heavy atom. The van der Waals surface area contributed by atoms with Crippen LogP contribution in [0.4, 0.5) is 0 Å². The van der Waals surface area contributed by atoms with E-state index in [9.17, 15) is 10.4 Å². The zero-order valence-corrected chi connectivity index (χ0v) is 18.3. The van der Waals surface area contributed by atoms with Crippen molar-refractivity contribution in [2.24, 2.45) is 5.73 Å². The Morgan fingerprint density at radius 2 is 1.94 bits per heavy atom. The Bertz CT molecular complexity index is 1300. The van der Waals surface area contributed by atoms with Crippen LogP contribution in [0.5, 0.6) is 11.6 Å². The first-order valence-electron chi connectivity index (χ1n) is 9.81. The van der Waals surface area contributed by atoms with Crippen molar-refractivity contribution in [1.29, 1.82) is 5.26 Å². The van der Waals surface area contributed by atoms with Gasteiger partial charge in [-0.05, 0) is 38.1 Å². The van der Waals surface area contributed by atoms with Crippen molar-refractivity contribution in [1.82, 2.24) is 19.9 Å². The molecular formula is C23H20N6O2S. The van der Waals surface area contributed by atoms with Crippen molar-refractivity contribution in [3.8, 4) is 39.7 Å². The van der Waals surface area contributed by atoms with E-state index in [1.807, 2.05) is 6.92 Å². The number of thiazole rings is 1. The Kier molecular flexibility index (Phi) is 6.18. The highest BCUT2D eigenvalue weighted by molar-refractivity contribution is 7.14. The fourth-order valence-corrected chi connectivity index (χ4v) is 3.80. The predicted molar refractivity (Wildman–Crippen MR) is 121 cm³/mol. The largest absolute Gasteiger partial charge is 0.438 e. The van der Waals surface area contributed by atoms with Gasteiger partial charge in [0.2, 0.25) is 5.88 Å². The van der Waals surface area contributed by atoms with Gasteiger partial charge >= 0.3 is 0 Å². The lowest BCUT2D eigenvalue weighted by molar-refractivity contribution is 0.186. The molecule has 0 radical (unpaired) electrons. The van der Waals surface area contributed by atoms with Crippen LogP contribution in [-0.2, 0) is 0 Å². The first-order chi connectivity index (χ1) is 15.5. The maximum Gasteiger partial charge on any atom is 0.223 e. The molecule has 160 valence electrons. The van der Waals surface area contributed by atoms with Crippen LogP contribution < -0.4 is 10.5 Å². The van der Waals surface area contributed by atoms with Crippen LogP contribution in [0, 0.1) is 25.2 Å². The van der Waals surface area contributed by atoms with E-state index in [2.05, 4.69) is 26.0 Å². The molecule has 0 spiro atoms. The summed E-state index contributed by atoms with van der Waals surface area (Å²) in [5, 5.41) is 20.0. The van der Waals surface area contributed by atoms with E-state index in [4.69, 9.17) is 10.5 Å². The highest BCUT2D eigenvalue weighted by atomic mass is 32.1. The molecule has 9 heteroatoms. The number of nitrogens with two attached hydrogens (primary N) is 1. The molecule has 3 aromatic heterocycles. The maximum atomic E-state index is 9.91. The van der Waals surface area contributed by atoms with Gasteiger partial charge in [0.1, 0.15) is 22.3 Å². The van der Waals surface area contributed by atoms with Crippen LogP contribution in [0.3, 0.4) is 0 Å². The molecule has 4 rings (SSSR count). The Morgan fingerprint density at radius 3 is 2.59 bits per heavy atom. The topological polar surface area (TPSA) is 131 Å². The molecule has 0 unspecified atom stereocenters. The highest BCUT2D eigenvalue weighted by Crippen LogP contribution is 2.34.